The van der Waals surface area contributed by atoms with Crippen LogP contribution in [0.15, 0.2) is 60.5 Å². The zero-order chi connectivity index (χ0) is 19.9. The summed E-state index contributed by atoms with van der Waals surface area (Å²) < 4.78 is 7.15. The van der Waals surface area contributed by atoms with Crippen LogP contribution in [0.1, 0.15) is 0 Å². The minimum atomic E-state index is -0.204. The first-order valence-electron chi connectivity index (χ1n) is 8.33. The number of nitrogens with one attached hydrogen (secondary N) is 1. The number of thioether (sulfide) groups is 1. The Bertz CT molecular complexity index is 978. The highest BCUT2D eigenvalue weighted by Gasteiger charge is 2.15. The van der Waals surface area contributed by atoms with Crippen LogP contribution in [0.5, 0.6) is 5.75 Å². The first-order valence-corrected chi connectivity index (χ1v) is 9.69. The number of amides is 1. The van der Waals surface area contributed by atoms with Gasteiger partial charge >= 0.3 is 0 Å². The smallest absolute Gasteiger partial charge is 0.234 e. The average Bonchev–Trinajstić information content (AvgIpc) is 3.10. The van der Waals surface area contributed by atoms with Crippen molar-refractivity contribution >= 4 is 35.0 Å². The van der Waals surface area contributed by atoms with Crippen molar-refractivity contribution in [3.05, 3.63) is 60.4 Å². The molecule has 7 nitrogen and oxygen atoms in total. The van der Waals surface area contributed by atoms with Crippen molar-refractivity contribution in [2.24, 2.45) is 0 Å². The fourth-order valence-corrected chi connectivity index (χ4v) is 3.42. The summed E-state index contributed by atoms with van der Waals surface area (Å²) in [6, 6.07) is 8.76. The molecular weight excluding hydrogens is 398 g/mol. The SMILES string of the molecule is C=CCn1c(SCC(=O)Nc2cc(Cl)ccc2OC)nnc1-c1ccncc1. The molecule has 3 rings (SSSR count). The Kier molecular flexibility index (Phi) is 6.67. The molecule has 0 fully saturated rings. The van der Waals surface area contributed by atoms with Gasteiger partial charge in [-0.2, -0.15) is 0 Å². The van der Waals surface area contributed by atoms with E-state index in [0.717, 1.165) is 5.56 Å². The molecule has 2 heterocycles. The van der Waals surface area contributed by atoms with E-state index in [1.165, 1.54) is 18.9 Å². The number of anilines is 1. The van der Waals surface area contributed by atoms with Gasteiger partial charge in [-0.15, -0.1) is 16.8 Å². The van der Waals surface area contributed by atoms with Crippen LogP contribution in [-0.2, 0) is 11.3 Å². The lowest BCUT2D eigenvalue weighted by atomic mass is 10.2. The van der Waals surface area contributed by atoms with E-state index in [2.05, 4.69) is 27.1 Å². The minimum absolute atomic E-state index is 0.154. The van der Waals surface area contributed by atoms with E-state index in [1.807, 2.05) is 16.7 Å². The molecule has 0 spiro atoms. The van der Waals surface area contributed by atoms with Gasteiger partial charge in [0, 0.05) is 29.5 Å². The predicted molar refractivity (Wildman–Crippen MR) is 111 cm³/mol. The Labute approximate surface area is 171 Å². The lowest BCUT2D eigenvalue weighted by Crippen LogP contribution is -2.15. The molecule has 0 unspecified atom stereocenters. The third-order valence-electron chi connectivity index (χ3n) is 3.74. The Morgan fingerprint density at radius 2 is 2.11 bits per heavy atom. The molecule has 0 aliphatic heterocycles. The summed E-state index contributed by atoms with van der Waals surface area (Å²) in [6.07, 6.45) is 5.15. The highest BCUT2D eigenvalue weighted by molar-refractivity contribution is 7.99. The number of hydrogen-bond donors (Lipinski definition) is 1. The lowest BCUT2D eigenvalue weighted by Gasteiger charge is -2.11. The van der Waals surface area contributed by atoms with Crippen LogP contribution in [0.3, 0.4) is 0 Å². The average molecular weight is 416 g/mol. The number of benzene rings is 1. The molecule has 0 saturated heterocycles. The van der Waals surface area contributed by atoms with Gasteiger partial charge in [0.2, 0.25) is 5.91 Å². The molecule has 0 aliphatic carbocycles. The number of pyridine rings is 1. The van der Waals surface area contributed by atoms with Crippen molar-refractivity contribution in [2.75, 3.05) is 18.2 Å². The molecule has 1 amide bonds. The van der Waals surface area contributed by atoms with Crippen molar-refractivity contribution in [1.82, 2.24) is 19.7 Å². The van der Waals surface area contributed by atoms with E-state index in [1.54, 1.807) is 36.7 Å². The van der Waals surface area contributed by atoms with E-state index >= 15 is 0 Å². The predicted octanol–water partition coefficient (Wildman–Crippen LogP) is 3.92. The van der Waals surface area contributed by atoms with Crippen molar-refractivity contribution in [2.45, 2.75) is 11.7 Å². The number of halogens is 1. The standard InChI is InChI=1S/C19H18ClN5O2S/c1-3-10-25-18(13-6-8-21-9-7-13)23-24-19(25)28-12-17(26)22-15-11-14(20)4-5-16(15)27-2/h3-9,11H,1,10,12H2,2H3,(H,22,26). The summed E-state index contributed by atoms with van der Waals surface area (Å²) in [7, 11) is 1.53. The first-order chi connectivity index (χ1) is 13.6. The third-order valence-corrected chi connectivity index (χ3v) is 4.94. The summed E-state index contributed by atoms with van der Waals surface area (Å²) in [4.78, 5) is 16.4. The van der Waals surface area contributed by atoms with Crippen molar-refractivity contribution in [3.63, 3.8) is 0 Å². The number of methoxy groups -OCH3 is 1. The van der Waals surface area contributed by atoms with Gasteiger partial charge in [-0.1, -0.05) is 29.4 Å². The Hall–Kier alpha value is -2.84. The fraction of sp³-hybridized carbons (Fsp3) is 0.158. The molecule has 1 N–H and O–H groups in total. The highest BCUT2D eigenvalue weighted by atomic mass is 35.5. The molecule has 0 saturated carbocycles. The quantitative estimate of drug-likeness (QED) is 0.443. The topological polar surface area (TPSA) is 81.9 Å². The summed E-state index contributed by atoms with van der Waals surface area (Å²) in [5, 5.41) is 12.4. The van der Waals surface area contributed by atoms with Crippen LogP contribution < -0.4 is 10.1 Å². The number of carbonyl (C=O) groups excluding carboxylic acids is 1. The minimum Gasteiger partial charge on any atom is -0.495 e. The normalized spacial score (nSPS) is 10.5. The largest absolute Gasteiger partial charge is 0.495 e. The number of rotatable bonds is 8. The number of aromatic nitrogens is 4. The van der Waals surface area contributed by atoms with Crippen LogP contribution in [0.4, 0.5) is 5.69 Å². The maximum absolute atomic E-state index is 12.4. The zero-order valence-electron chi connectivity index (χ0n) is 15.1. The van der Waals surface area contributed by atoms with E-state index in [4.69, 9.17) is 16.3 Å². The van der Waals surface area contributed by atoms with Crippen LogP contribution in [0, 0.1) is 0 Å². The van der Waals surface area contributed by atoms with E-state index in [9.17, 15) is 4.79 Å². The number of ether oxygens (including phenoxy) is 1. The fourth-order valence-electron chi connectivity index (χ4n) is 2.50. The maximum Gasteiger partial charge on any atom is 0.234 e. The molecule has 28 heavy (non-hydrogen) atoms. The molecule has 3 aromatic rings. The molecule has 0 radical (unpaired) electrons. The van der Waals surface area contributed by atoms with Crippen LogP contribution in [0.25, 0.3) is 11.4 Å². The zero-order valence-corrected chi connectivity index (χ0v) is 16.7. The molecule has 0 aliphatic rings. The molecular formula is C19H18ClN5O2S. The van der Waals surface area contributed by atoms with Gasteiger partial charge in [0.05, 0.1) is 18.6 Å². The Morgan fingerprint density at radius 1 is 1.32 bits per heavy atom. The molecule has 1 aromatic carbocycles. The molecule has 0 atom stereocenters. The van der Waals surface area contributed by atoms with Gasteiger partial charge in [-0.25, -0.2) is 0 Å². The van der Waals surface area contributed by atoms with Crippen LogP contribution in [-0.4, -0.2) is 38.5 Å². The van der Waals surface area contributed by atoms with Crippen molar-refractivity contribution < 1.29 is 9.53 Å². The highest BCUT2D eigenvalue weighted by Crippen LogP contribution is 2.28. The van der Waals surface area contributed by atoms with E-state index in [-0.39, 0.29) is 11.7 Å². The summed E-state index contributed by atoms with van der Waals surface area (Å²) >= 11 is 7.29. The lowest BCUT2D eigenvalue weighted by molar-refractivity contribution is -0.113. The second-order valence-corrected chi connectivity index (χ2v) is 7.00. The number of carbonyl (C=O) groups is 1. The summed E-state index contributed by atoms with van der Waals surface area (Å²) in [6.45, 7) is 4.31. The van der Waals surface area contributed by atoms with Crippen molar-refractivity contribution in [1.29, 1.82) is 0 Å². The summed E-state index contributed by atoms with van der Waals surface area (Å²) in [5.41, 5.74) is 1.41. The van der Waals surface area contributed by atoms with Crippen LogP contribution in [0.2, 0.25) is 5.02 Å². The first kappa shape index (κ1) is 19.9. The van der Waals surface area contributed by atoms with Crippen molar-refractivity contribution in [3.8, 4) is 17.1 Å². The molecule has 0 bridgehead atoms. The van der Waals surface area contributed by atoms with Gasteiger partial charge in [0.25, 0.3) is 0 Å². The van der Waals surface area contributed by atoms with Gasteiger partial charge in [0.15, 0.2) is 11.0 Å². The third kappa shape index (κ3) is 4.71. The van der Waals surface area contributed by atoms with E-state index < -0.39 is 0 Å². The second kappa shape index (κ2) is 9.38. The van der Waals surface area contributed by atoms with E-state index in [0.29, 0.717) is 34.0 Å². The van der Waals surface area contributed by atoms with Gasteiger partial charge < -0.3 is 10.1 Å². The van der Waals surface area contributed by atoms with Gasteiger partial charge in [-0.05, 0) is 30.3 Å². The molecule has 2 aromatic heterocycles. The van der Waals surface area contributed by atoms with Gasteiger partial charge in [0.1, 0.15) is 5.75 Å². The summed E-state index contributed by atoms with van der Waals surface area (Å²) in [5.74, 6) is 1.19. The molecule has 144 valence electrons. The second-order valence-electron chi connectivity index (χ2n) is 5.62. The monoisotopic (exact) mass is 415 g/mol. The molecule has 9 heteroatoms. The number of hydrogen-bond acceptors (Lipinski definition) is 6. The van der Waals surface area contributed by atoms with Gasteiger partial charge in [-0.3, -0.25) is 14.3 Å². The van der Waals surface area contributed by atoms with Crippen LogP contribution >= 0.6 is 23.4 Å². The Morgan fingerprint density at radius 3 is 2.82 bits per heavy atom. The Balaban J connectivity index is 1.72. The maximum atomic E-state index is 12.4. The number of nitrogens with zero attached hydrogens (tertiary/aromatic N) is 4. The number of allylic oxidation sites excluding steroid dienone is 1.